The van der Waals surface area contributed by atoms with Gasteiger partial charge in [0.1, 0.15) is 17.0 Å². The molecule has 3 aliphatic heterocycles. The van der Waals surface area contributed by atoms with Crippen molar-refractivity contribution in [1.29, 1.82) is 0 Å². The first kappa shape index (κ1) is 32.1. The Morgan fingerprint density at radius 1 is 1.12 bits per heavy atom. The summed E-state index contributed by atoms with van der Waals surface area (Å²) in [6.45, 7) is 9.60. The second-order valence-corrected chi connectivity index (χ2v) is 15.4. The maximum Gasteiger partial charge on any atom is 0.317 e. The van der Waals surface area contributed by atoms with Crippen LogP contribution in [-0.2, 0) is 6.54 Å². The number of methoxy groups -OCH3 is 1. The maximum absolute atomic E-state index is 13.8. The molecular formula is C37H48N8O4. The van der Waals surface area contributed by atoms with Crippen LogP contribution in [0.5, 0.6) is 5.88 Å². The number of aliphatic hydroxyl groups is 1. The number of nitrogens with two attached hydrogens (primary N) is 1. The largest absolute Gasteiger partial charge is 0.482 e. The molecule has 8 rings (SSSR count). The Hall–Kier alpha value is -4.16. The number of ether oxygens (including phenoxy) is 1. The lowest BCUT2D eigenvalue weighted by Crippen LogP contribution is -2.41. The predicted molar refractivity (Wildman–Crippen MR) is 186 cm³/mol. The van der Waals surface area contributed by atoms with Crippen LogP contribution in [0.3, 0.4) is 0 Å². The Balaban J connectivity index is 1.12. The van der Waals surface area contributed by atoms with E-state index >= 15 is 0 Å². The Morgan fingerprint density at radius 3 is 2.57 bits per heavy atom. The average molecular weight is 669 g/mol. The molecule has 4 aromatic heterocycles. The number of fused-ring (bicyclic) bond motifs is 4. The minimum absolute atomic E-state index is 0.00831. The van der Waals surface area contributed by atoms with E-state index in [4.69, 9.17) is 20.4 Å². The summed E-state index contributed by atoms with van der Waals surface area (Å²) in [5, 5.41) is 14.6. The molecule has 49 heavy (non-hydrogen) atoms. The van der Waals surface area contributed by atoms with Gasteiger partial charge >= 0.3 is 6.03 Å². The third kappa shape index (κ3) is 5.53. The molecule has 0 aromatic carbocycles. The number of aromatic nitrogens is 4. The van der Waals surface area contributed by atoms with Gasteiger partial charge < -0.3 is 35.3 Å². The molecule has 4 fully saturated rings. The molecule has 260 valence electrons. The molecule has 4 N–H and O–H groups in total. The summed E-state index contributed by atoms with van der Waals surface area (Å²) in [5.74, 6) is 1.19. The van der Waals surface area contributed by atoms with Crippen LogP contribution in [0, 0.1) is 18.8 Å². The van der Waals surface area contributed by atoms with E-state index in [0.29, 0.717) is 36.1 Å². The van der Waals surface area contributed by atoms with Gasteiger partial charge in [-0.05, 0) is 96.4 Å². The highest BCUT2D eigenvalue weighted by Crippen LogP contribution is 2.40. The lowest BCUT2D eigenvalue weighted by atomic mass is 9.91. The Bertz CT molecular complexity index is 1950. The number of pyridine rings is 2. The van der Waals surface area contributed by atoms with Crippen molar-refractivity contribution < 1.29 is 19.4 Å². The fourth-order valence-corrected chi connectivity index (χ4v) is 8.49. The lowest BCUT2D eigenvalue weighted by Gasteiger charge is -2.26. The number of aryl methyl sites for hydroxylation is 1. The fourth-order valence-electron chi connectivity index (χ4n) is 8.49. The van der Waals surface area contributed by atoms with Crippen molar-refractivity contribution in [2.75, 3.05) is 20.2 Å². The number of hydrogen-bond donors (Lipinski definition) is 3. The first-order valence-corrected chi connectivity index (χ1v) is 17.8. The first-order chi connectivity index (χ1) is 23.4. The maximum atomic E-state index is 13.8. The molecule has 5 atom stereocenters. The van der Waals surface area contributed by atoms with Gasteiger partial charge in [0.15, 0.2) is 5.88 Å². The van der Waals surface area contributed by atoms with Crippen molar-refractivity contribution in [3.63, 3.8) is 0 Å². The van der Waals surface area contributed by atoms with Crippen LogP contribution >= 0.6 is 0 Å². The molecule has 12 heteroatoms. The SMILES string of the molecule is COc1cc(C(=O)N2[C@H]3CC[C@@H]2[C@H](N)C3)cc2nc(-c3cc4ccc([C@@H](C)NC(=O)N5CCC(C(C)(C)O)C5)nc4n3CC3CC3)c(C)n12. The van der Waals surface area contributed by atoms with Crippen molar-refractivity contribution in [3.05, 3.63) is 47.3 Å². The van der Waals surface area contributed by atoms with Gasteiger partial charge in [-0.1, -0.05) is 0 Å². The van der Waals surface area contributed by atoms with Gasteiger partial charge in [0.25, 0.3) is 5.91 Å². The smallest absolute Gasteiger partial charge is 0.317 e. The van der Waals surface area contributed by atoms with E-state index < -0.39 is 5.60 Å². The number of amides is 3. The Labute approximate surface area is 286 Å². The van der Waals surface area contributed by atoms with Crippen molar-refractivity contribution in [1.82, 2.24) is 34.1 Å². The summed E-state index contributed by atoms with van der Waals surface area (Å²) in [4.78, 5) is 41.1. The van der Waals surface area contributed by atoms with Crippen LogP contribution in [0.15, 0.2) is 30.3 Å². The van der Waals surface area contributed by atoms with Crippen LogP contribution < -0.4 is 15.8 Å². The van der Waals surface area contributed by atoms with Crippen molar-refractivity contribution in [2.45, 2.75) is 103 Å². The fraction of sp³-hybridized carbons (Fsp3) is 0.568. The minimum atomic E-state index is -0.815. The number of carbonyl (C=O) groups is 2. The van der Waals surface area contributed by atoms with Gasteiger partial charge in [0.05, 0.1) is 35.8 Å². The van der Waals surface area contributed by atoms with E-state index in [1.165, 1.54) is 12.8 Å². The van der Waals surface area contributed by atoms with Crippen molar-refractivity contribution in [3.8, 4) is 17.3 Å². The third-order valence-electron chi connectivity index (χ3n) is 11.6. The van der Waals surface area contributed by atoms with Crippen LogP contribution in [0.4, 0.5) is 4.79 Å². The molecule has 0 radical (unpaired) electrons. The van der Waals surface area contributed by atoms with Gasteiger partial charge in [0.2, 0.25) is 0 Å². The number of nitrogens with zero attached hydrogens (tertiary/aromatic N) is 6. The summed E-state index contributed by atoms with van der Waals surface area (Å²) in [6.07, 6.45) is 5.96. The normalized spacial score (nSPS) is 24.4. The number of rotatable bonds is 8. The summed E-state index contributed by atoms with van der Waals surface area (Å²) >= 11 is 0. The number of urea groups is 1. The monoisotopic (exact) mass is 668 g/mol. The molecule has 1 unspecified atom stereocenters. The predicted octanol–water partition coefficient (Wildman–Crippen LogP) is 4.65. The molecule has 3 saturated heterocycles. The highest BCUT2D eigenvalue weighted by atomic mass is 16.5. The van der Waals surface area contributed by atoms with Crippen LogP contribution in [-0.4, -0.2) is 89.7 Å². The summed E-state index contributed by atoms with van der Waals surface area (Å²) in [7, 11) is 1.63. The topological polar surface area (TPSA) is 143 Å². The molecule has 0 spiro atoms. The molecule has 3 amide bonds. The second-order valence-electron chi connectivity index (χ2n) is 15.4. The first-order valence-electron chi connectivity index (χ1n) is 17.8. The van der Waals surface area contributed by atoms with Gasteiger partial charge in [-0.15, -0.1) is 0 Å². The van der Waals surface area contributed by atoms with Crippen LogP contribution in [0.2, 0.25) is 0 Å². The molecular weight excluding hydrogens is 620 g/mol. The third-order valence-corrected chi connectivity index (χ3v) is 11.6. The van der Waals surface area contributed by atoms with E-state index in [2.05, 4.69) is 22.0 Å². The highest BCUT2D eigenvalue weighted by Gasteiger charge is 2.47. The zero-order valence-electron chi connectivity index (χ0n) is 29.1. The number of nitrogens with one attached hydrogen (secondary N) is 1. The highest BCUT2D eigenvalue weighted by molar-refractivity contribution is 5.97. The molecule has 1 aliphatic carbocycles. The molecule has 12 nitrogen and oxygen atoms in total. The molecule has 1 saturated carbocycles. The standard InChI is InChI=1S/C37H48N8O4/c1-20(39-36(47)42-13-12-25(19-42)37(3,4)48)28-10-8-23-14-30(43(34(23)40-28)18-22-6-7-22)33-21(2)44-31(41-33)15-24(16-32(44)49-5)35(46)45-26-9-11-29(45)27(38)17-26/h8,10,14-16,20,22,25-27,29,48H,6-7,9,11-13,17-19,38H2,1-5H3,(H,39,47)/t20-,25?,26+,27-,29-/m1/s1. The van der Waals surface area contributed by atoms with Gasteiger partial charge in [-0.2, -0.15) is 0 Å². The zero-order chi connectivity index (χ0) is 34.4. The van der Waals surface area contributed by atoms with E-state index in [9.17, 15) is 14.7 Å². The Morgan fingerprint density at radius 2 is 1.92 bits per heavy atom. The number of carbonyl (C=O) groups excluding carboxylic acids is 2. The van der Waals surface area contributed by atoms with E-state index in [0.717, 1.165) is 66.0 Å². The molecule has 4 aliphatic rings. The molecule has 7 heterocycles. The minimum Gasteiger partial charge on any atom is -0.482 e. The average Bonchev–Trinajstić information content (AvgIpc) is 3.46. The summed E-state index contributed by atoms with van der Waals surface area (Å²) in [5.41, 5.74) is 11.1. The summed E-state index contributed by atoms with van der Waals surface area (Å²) < 4.78 is 10.1. The quantitative estimate of drug-likeness (QED) is 0.248. The Kier molecular flexibility index (Phi) is 7.67. The number of likely N-dealkylation sites (tertiary alicyclic amines) is 1. The molecule has 2 bridgehead atoms. The van der Waals surface area contributed by atoms with Gasteiger partial charge in [0, 0.05) is 60.7 Å². The number of imidazole rings is 1. The van der Waals surface area contributed by atoms with Crippen molar-refractivity contribution >= 4 is 28.6 Å². The summed E-state index contributed by atoms with van der Waals surface area (Å²) in [6, 6.07) is 9.80. The van der Waals surface area contributed by atoms with E-state index in [1.807, 2.05) is 55.2 Å². The van der Waals surface area contributed by atoms with Crippen molar-refractivity contribution in [2.24, 2.45) is 17.6 Å². The van der Waals surface area contributed by atoms with E-state index in [1.54, 1.807) is 12.0 Å². The van der Waals surface area contributed by atoms with E-state index in [-0.39, 0.29) is 42.0 Å². The van der Waals surface area contributed by atoms with Gasteiger partial charge in [-0.3, -0.25) is 9.20 Å². The van der Waals surface area contributed by atoms with Gasteiger partial charge in [-0.25, -0.2) is 14.8 Å². The lowest BCUT2D eigenvalue weighted by molar-refractivity contribution is 0.0225. The second kappa shape index (κ2) is 11.7. The number of hydrogen-bond acceptors (Lipinski definition) is 7. The molecule has 4 aromatic rings. The zero-order valence-corrected chi connectivity index (χ0v) is 29.1. The van der Waals surface area contributed by atoms with Crippen LogP contribution in [0.1, 0.15) is 87.1 Å². The van der Waals surface area contributed by atoms with Crippen LogP contribution in [0.25, 0.3) is 28.1 Å².